The third-order valence-corrected chi connectivity index (χ3v) is 3.59. The Balaban J connectivity index is 1.95. The summed E-state index contributed by atoms with van der Waals surface area (Å²) >= 11 is 5.79. The lowest BCUT2D eigenvalue weighted by Crippen LogP contribution is -2.44. The molecule has 1 aliphatic rings. The number of amides is 2. The molecule has 6 heteroatoms. The number of rotatable bonds is 2. The van der Waals surface area contributed by atoms with Gasteiger partial charge in [-0.3, -0.25) is 4.79 Å². The number of urea groups is 1. The van der Waals surface area contributed by atoms with E-state index in [4.69, 9.17) is 16.3 Å². The standard InChI is InChI=1S/C14H17ClN2O3/c1-20-13(18)10-3-2-8-17(9-10)14(19)16-12-6-4-11(15)5-7-12/h4-7,10H,2-3,8-9H2,1H3,(H,16,19)/t10-/m0/s1. The van der Waals surface area contributed by atoms with E-state index in [9.17, 15) is 9.59 Å². The zero-order valence-electron chi connectivity index (χ0n) is 11.3. The van der Waals surface area contributed by atoms with Crippen molar-refractivity contribution in [3.63, 3.8) is 0 Å². The van der Waals surface area contributed by atoms with Crippen LogP contribution in [0.25, 0.3) is 0 Å². The zero-order chi connectivity index (χ0) is 14.5. The van der Waals surface area contributed by atoms with Crippen molar-refractivity contribution in [3.8, 4) is 0 Å². The van der Waals surface area contributed by atoms with Gasteiger partial charge in [-0.15, -0.1) is 0 Å². The largest absolute Gasteiger partial charge is 0.469 e. The van der Waals surface area contributed by atoms with Gasteiger partial charge in [-0.2, -0.15) is 0 Å². The molecule has 1 aliphatic heterocycles. The van der Waals surface area contributed by atoms with Crippen LogP contribution in [0.5, 0.6) is 0 Å². The normalized spacial score (nSPS) is 18.5. The van der Waals surface area contributed by atoms with Crippen molar-refractivity contribution in [3.05, 3.63) is 29.3 Å². The van der Waals surface area contributed by atoms with Crippen LogP contribution in [-0.4, -0.2) is 37.1 Å². The summed E-state index contributed by atoms with van der Waals surface area (Å²) in [6.45, 7) is 1.04. The number of anilines is 1. The topological polar surface area (TPSA) is 58.6 Å². The van der Waals surface area contributed by atoms with Crippen LogP contribution in [0.15, 0.2) is 24.3 Å². The summed E-state index contributed by atoms with van der Waals surface area (Å²) in [5.74, 6) is -0.487. The second-order valence-electron chi connectivity index (χ2n) is 4.75. The molecule has 1 saturated heterocycles. The van der Waals surface area contributed by atoms with E-state index in [1.165, 1.54) is 7.11 Å². The molecule has 0 unspecified atom stereocenters. The predicted molar refractivity (Wildman–Crippen MR) is 76.8 cm³/mol. The van der Waals surface area contributed by atoms with Gasteiger partial charge in [0.2, 0.25) is 0 Å². The highest BCUT2D eigenvalue weighted by atomic mass is 35.5. The third-order valence-electron chi connectivity index (χ3n) is 3.34. The van der Waals surface area contributed by atoms with Crippen LogP contribution in [0.1, 0.15) is 12.8 Å². The van der Waals surface area contributed by atoms with Crippen molar-refractivity contribution in [2.75, 3.05) is 25.5 Å². The maximum absolute atomic E-state index is 12.1. The molecule has 1 atom stereocenters. The molecule has 1 aromatic rings. The van der Waals surface area contributed by atoms with Crippen molar-refractivity contribution in [2.45, 2.75) is 12.8 Å². The first-order chi connectivity index (χ1) is 9.60. The van der Waals surface area contributed by atoms with Gasteiger partial charge in [-0.25, -0.2) is 4.79 Å². The van der Waals surface area contributed by atoms with E-state index >= 15 is 0 Å². The summed E-state index contributed by atoms with van der Waals surface area (Å²) in [6, 6.07) is 6.69. The van der Waals surface area contributed by atoms with Crippen molar-refractivity contribution in [2.24, 2.45) is 5.92 Å². The Morgan fingerprint density at radius 2 is 2.05 bits per heavy atom. The van der Waals surface area contributed by atoms with Crippen LogP contribution < -0.4 is 5.32 Å². The highest BCUT2D eigenvalue weighted by Crippen LogP contribution is 2.19. The second kappa shape index (κ2) is 6.61. The minimum absolute atomic E-state index is 0.207. The lowest BCUT2D eigenvalue weighted by molar-refractivity contribution is -0.146. The Labute approximate surface area is 122 Å². The monoisotopic (exact) mass is 296 g/mol. The molecule has 1 fully saturated rings. The summed E-state index contributed by atoms with van der Waals surface area (Å²) in [7, 11) is 1.37. The molecule has 0 radical (unpaired) electrons. The number of ether oxygens (including phenoxy) is 1. The molecule has 1 aromatic carbocycles. The van der Waals surface area contributed by atoms with Crippen molar-refractivity contribution in [1.29, 1.82) is 0 Å². The summed E-state index contributed by atoms with van der Waals surface area (Å²) < 4.78 is 4.74. The van der Waals surface area contributed by atoms with Crippen molar-refractivity contribution >= 4 is 29.3 Å². The molecule has 0 bridgehead atoms. The molecular weight excluding hydrogens is 280 g/mol. The second-order valence-corrected chi connectivity index (χ2v) is 5.18. The van der Waals surface area contributed by atoms with Crippen LogP contribution in [0.2, 0.25) is 5.02 Å². The van der Waals surface area contributed by atoms with E-state index in [1.54, 1.807) is 29.2 Å². The molecule has 20 heavy (non-hydrogen) atoms. The molecule has 5 nitrogen and oxygen atoms in total. The minimum atomic E-state index is -0.256. The van der Waals surface area contributed by atoms with Gasteiger partial charge in [0.05, 0.1) is 13.0 Å². The van der Waals surface area contributed by atoms with E-state index < -0.39 is 0 Å². The van der Waals surface area contributed by atoms with E-state index in [0.29, 0.717) is 23.8 Å². The van der Waals surface area contributed by atoms with E-state index in [2.05, 4.69) is 5.32 Å². The number of carbonyl (C=O) groups excluding carboxylic acids is 2. The highest BCUT2D eigenvalue weighted by Gasteiger charge is 2.28. The van der Waals surface area contributed by atoms with Crippen LogP contribution in [0.4, 0.5) is 10.5 Å². The van der Waals surface area contributed by atoms with Gasteiger partial charge in [0.15, 0.2) is 0 Å². The van der Waals surface area contributed by atoms with E-state index in [1.807, 2.05) is 0 Å². The molecule has 1 heterocycles. The fourth-order valence-electron chi connectivity index (χ4n) is 2.26. The molecule has 2 rings (SSSR count). The average molecular weight is 297 g/mol. The Bertz CT molecular complexity index is 490. The molecule has 2 amide bonds. The molecule has 0 aromatic heterocycles. The van der Waals surface area contributed by atoms with Gasteiger partial charge in [0, 0.05) is 23.8 Å². The first-order valence-corrected chi connectivity index (χ1v) is 6.87. The van der Waals surface area contributed by atoms with Crippen LogP contribution >= 0.6 is 11.6 Å². The Hall–Kier alpha value is -1.75. The van der Waals surface area contributed by atoms with Gasteiger partial charge in [0.25, 0.3) is 0 Å². The van der Waals surface area contributed by atoms with Crippen molar-refractivity contribution < 1.29 is 14.3 Å². The van der Waals surface area contributed by atoms with E-state index in [0.717, 1.165) is 12.8 Å². The van der Waals surface area contributed by atoms with Gasteiger partial charge in [0.1, 0.15) is 0 Å². The molecule has 0 aliphatic carbocycles. The molecule has 108 valence electrons. The number of nitrogens with one attached hydrogen (secondary N) is 1. The Morgan fingerprint density at radius 1 is 1.35 bits per heavy atom. The number of likely N-dealkylation sites (tertiary alicyclic amines) is 1. The van der Waals surface area contributed by atoms with Gasteiger partial charge < -0.3 is 15.0 Å². The summed E-state index contributed by atoms with van der Waals surface area (Å²) in [6.07, 6.45) is 1.56. The fourth-order valence-corrected chi connectivity index (χ4v) is 2.38. The number of halogens is 1. The van der Waals surface area contributed by atoms with Crippen molar-refractivity contribution in [1.82, 2.24) is 4.90 Å². The van der Waals surface area contributed by atoms with Gasteiger partial charge in [-0.05, 0) is 37.1 Å². The maximum Gasteiger partial charge on any atom is 0.321 e. The Morgan fingerprint density at radius 3 is 2.70 bits per heavy atom. The number of hydrogen-bond acceptors (Lipinski definition) is 3. The van der Waals surface area contributed by atoms with Crippen LogP contribution in [0, 0.1) is 5.92 Å². The summed E-state index contributed by atoms with van der Waals surface area (Å²) in [5, 5.41) is 3.41. The SMILES string of the molecule is COC(=O)[C@H]1CCCN(C(=O)Nc2ccc(Cl)cc2)C1. The predicted octanol–water partition coefficient (Wildman–Crippen LogP) is 2.76. The average Bonchev–Trinajstić information content (AvgIpc) is 2.49. The fraction of sp³-hybridized carbons (Fsp3) is 0.429. The maximum atomic E-state index is 12.1. The molecule has 0 saturated carbocycles. The zero-order valence-corrected chi connectivity index (χ0v) is 12.0. The van der Waals surface area contributed by atoms with Crippen LogP contribution in [0.3, 0.4) is 0 Å². The smallest absolute Gasteiger partial charge is 0.321 e. The molecular formula is C14H17ClN2O3. The lowest BCUT2D eigenvalue weighted by Gasteiger charge is -2.31. The number of methoxy groups -OCH3 is 1. The first kappa shape index (κ1) is 14.7. The Kier molecular flexibility index (Phi) is 4.84. The van der Waals surface area contributed by atoms with E-state index in [-0.39, 0.29) is 17.9 Å². The number of piperidine rings is 1. The first-order valence-electron chi connectivity index (χ1n) is 6.49. The quantitative estimate of drug-likeness (QED) is 0.854. The number of benzene rings is 1. The van der Waals surface area contributed by atoms with Gasteiger partial charge in [-0.1, -0.05) is 11.6 Å². The van der Waals surface area contributed by atoms with Gasteiger partial charge >= 0.3 is 12.0 Å². The third kappa shape index (κ3) is 3.63. The highest BCUT2D eigenvalue weighted by molar-refractivity contribution is 6.30. The molecule has 1 N–H and O–H groups in total. The number of hydrogen-bond donors (Lipinski definition) is 1. The van der Waals surface area contributed by atoms with Crippen LogP contribution in [-0.2, 0) is 9.53 Å². The number of nitrogens with zero attached hydrogens (tertiary/aromatic N) is 1. The minimum Gasteiger partial charge on any atom is -0.469 e. The molecule has 0 spiro atoms. The number of carbonyl (C=O) groups is 2. The lowest BCUT2D eigenvalue weighted by atomic mass is 9.98. The summed E-state index contributed by atoms with van der Waals surface area (Å²) in [5.41, 5.74) is 0.680. The summed E-state index contributed by atoms with van der Waals surface area (Å²) in [4.78, 5) is 25.3. The number of esters is 1.